The average Bonchev–Trinajstić information content (AvgIpc) is 2.39. The second-order valence-corrected chi connectivity index (χ2v) is 6.32. The molecule has 0 fully saturated rings. The van der Waals surface area contributed by atoms with Crippen molar-refractivity contribution in [1.82, 2.24) is 9.62 Å². The number of nitrogens with zero attached hydrogens (tertiary/aromatic N) is 1. The van der Waals surface area contributed by atoms with Crippen molar-refractivity contribution in [3.05, 3.63) is 29.3 Å². The summed E-state index contributed by atoms with van der Waals surface area (Å²) in [5.41, 5.74) is 2.15. The molecule has 0 radical (unpaired) electrons. The van der Waals surface area contributed by atoms with Gasteiger partial charge < -0.3 is 5.32 Å². The molecule has 0 unspecified atom stereocenters. The summed E-state index contributed by atoms with van der Waals surface area (Å²) in [6.45, 7) is 2.76. The molecule has 104 valence electrons. The van der Waals surface area contributed by atoms with Gasteiger partial charge in [0.25, 0.3) is 0 Å². The Morgan fingerprint density at radius 3 is 2.58 bits per heavy atom. The van der Waals surface area contributed by atoms with Gasteiger partial charge in [-0.1, -0.05) is 18.9 Å². The predicted molar refractivity (Wildman–Crippen MR) is 77.2 cm³/mol. The molecule has 0 amide bonds. The Labute approximate surface area is 115 Å². The van der Waals surface area contributed by atoms with E-state index in [0.717, 1.165) is 17.5 Å². The Morgan fingerprint density at radius 2 is 2.05 bits per heavy atom. The molecular weight excluding hydrogens is 260 g/mol. The van der Waals surface area contributed by atoms with Crippen LogP contribution < -0.4 is 5.32 Å². The molecule has 0 saturated carbocycles. The molecule has 0 spiro atoms. The van der Waals surface area contributed by atoms with E-state index < -0.39 is 10.0 Å². The van der Waals surface area contributed by atoms with Gasteiger partial charge in [0, 0.05) is 13.6 Å². The van der Waals surface area contributed by atoms with Crippen molar-refractivity contribution >= 4 is 10.0 Å². The first-order chi connectivity index (χ1) is 8.97. The summed E-state index contributed by atoms with van der Waals surface area (Å²) in [4.78, 5) is 0.285. The Hall–Kier alpha value is -1.35. The third-order valence-corrected chi connectivity index (χ3v) is 4.75. The lowest BCUT2D eigenvalue weighted by atomic mass is 10.1. The second kappa shape index (κ2) is 6.71. The number of sulfonamides is 1. The molecule has 1 aromatic rings. The second-order valence-electron chi connectivity index (χ2n) is 4.28. The van der Waals surface area contributed by atoms with Gasteiger partial charge in [0.05, 0.1) is 11.4 Å². The summed E-state index contributed by atoms with van der Waals surface area (Å²) in [6.07, 6.45) is 6.03. The van der Waals surface area contributed by atoms with E-state index in [4.69, 9.17) is 6.42 Å². The highest BCUT2D eigenvalue weighted by Crippen LogP contribution is 2.19. The number of hydrogen-bond donors (Lipinski definition) is 1. The zero-order valence-electron chi connectivity index (χ0n) is 11.6. The highest BCUT2D eigenvalue weighted by atomic mass is 32.2. The van der Waals surface area contributed by atoms with Crippen molar-refractivity contribution in [2.24, 2.45) is 0 Å². The average molecular weight is 280 g/mol. The minimum atomic E-state index is -3.50. The predicted octanol–water partition coefficient (Wildman–Crippen LogP) is 1.22. The molecule has 0 heterocycles. The van der Waals surface area contributed by atoms with Crippen LogP contribution in [0.25, 0.3) is 0 Å². The van der Waals surface area contributed by atoms with E-state index in [2.05, 4.69) is 11.2 Å². The monoisotopic (exact) mass is 280 g/mol. The third kappa shape index (κ3) is 3.57. The minimum absolute atomic E-state index is 0.0687. The van der Waals surface area contributed by atoms with Crippen molar-refractivity contribution in [1.29, 1.82) is 0 Å². The first-order valence-corrected chi connectivity index (χ1v) is 7.57. The highest BCUT2D eigenvalue weighted by Gasteiger charge is 2.20. The summed E-state index contributed by atoms with van der Waals surface area (Å²) in [7, 11) is -0.179. The molecule has 1 aromatic carbocycles. The lowest BCUT2D eigenvalue weighted by Crippen LogP contribution is -2.27. The molecule has 0 bridgehead atoms. The SMILES string of the molecule is C#CCN(C)S(=O)(=O)c1ccc(CC)c(CNC)c1. The van der Waals surface area contributed by atoms with Crippen LogP contribution in [0.5, 0.6) is 0 Å². The summed E-state index contributed by atoms with van der Waals surface area (Å²) in [5, 5.41) is 3.05. The summed E-state index contributed by atoms with van der Waals surface area (Å²) < 4.78 is 25.8. The Bertz CT molecular complexity index is 574. The maximum atomic E-state index is 12.3. The van der Waals surface area contributed by atoms with Crippen molar-refractivity contribution in [2.45, 2.75) is 24.8 Å². The largest absolute Gasteiger partial charge is 0.316 e. The van der Waals surface area contributed by atoms with Gasteiger partial charge in [-0.05, 0) is 36.7 Å². The van der Waals surface area contributed by atoms with E-state index >= 15 is 0 Å². The van der Waals surface area contributed by atoms with Crippen LogP contribution in [0.4, 0.5) is 0 Å². The molecular formula is C14H20N2O2S. The third-order valence-electron chi connectivity index (χ3n) is 2.95. The van der Waals surface area contributed by atoms with Crippen LogP contribution >= 0.6 is 0 Å². The zero-order valence-corrected chi connectivity index (χ0v) is 12.4. The molecule has 1 rings (SSSR count). The molecule has 1 N–H and O–H groups in total. The lowest BCUT2D eigenvalue weighted by Gasteiger charge is -2.16. The van der Waals surface area contributed by atoms with Crippen molar-refractivity contribution in [2.75, 3.05) is 20.6 Å². The number of terminal acetylenes is 1. The Balaban J connectivity index is 3.22. The van der Waals surface area contributed by atoms with Crippen molar-refractivity contribution in [3.8, 4) is 12.3 Å². The first kappa shape index (κ1) is 15.7. The van der Waals surface area contributed by atoms with Crippen LogP contribution in [0.15, 0.2) is 23.1 Å². The first-order valence-electron chi connectivity index (χ1n) is 6.13. The molecule has 0 saturated heterocycles. The van der Waals surface area contributed by atoms with E-state index in [1.165, 1.54) is 11.4 Å². The van der Waals surface area contributed by atoms with Gasteiger partial charge in [-0.25, -0.2) is 8.42 Å². The standard InChI is InChI=1S/C14H20N2O2S/c1-5-9-16(4)19(17,18)14-8-7-12(6-2)13(10-14)11-15-3/h1,7-8,10,15H,6,9,11H2,2-4H3. The lowest BCUT2D eigenvalue weighted by molar-refractivity contribution is 0.503. The van der Waals surface area contributed by atoms with Gasteiger partial charge in [0.2, 0.25) is 10.0 Å². The smallest absolute Gasteiger partial charge is 0.243 e. The maximum Gasteiger partial charge on any atom is 0.243 e. The normalized spacial score (nSPS) is 11.5. The minimum Gasteiger partial charge on any atom is -0.316 e. The number of hydrogen-bond acceptors (Lipinski definition) is 3. The molecule has 0 aromatic heterocycles. The Morgan fingerprint density at radius 1 is 1.37 bits per heavy atom. The van der Waals surface area contributed by atoms with E-state index in [-0.39, 0.29) is 11.4 Å². The molecule has 0 aliphatic heterocycles. The van der Waals surface area contributed by atoms with Gasteiger partial charge in [0.1, 0.15) is 0 Å². The van der Waals surface area contributed by atoms with Gasteiger partial charge in [-0.3, -0.25) is 0 Å². The fourth-order valence-electron chi connectivity index (χ4n) is 1.86. The number of benzene rings is 1. The molecule has 4 nitrogen and oxygen atoms in total. The number of rotatable bonds is 6. The fourth-order valence-corrected chi connectivity index (χ4v) is 2.99. The van der Waals surface area contributed by atoms with Gasteiger partial charge in [-0.2, -0.15) is 4.31 Å². The van der Waals surface area contributed by atoms with E-state index in [1.54, 1.807) is 12.1 Å². The van der Waals surface area contributed by atoms with Crippen LogP contribution in [0, 0.1) is 12.3 Å². The molecule has 5 heteroatoms. The topological polar surface area (TPSA) is 49.4 Å². The molecule has 0 atom stereocenters. The molecule has 0 aliphatic rings. The molecule has 0 aliphatic carbocycles. The van der Waals surface area contributed by atoms with E-state index in [1.807, 2.05) is 20.0 Å². The zero-order chi connectivity index (χ0) is 14.5. The van der Waals surface area contributed by atoms with Crippen molar-refractivity contribution in [3.63, 3.8) is 0 Å². The van der Waals surface area contributed by atoms with Crippen LogP contribution in [0.3, 0.4) is 0 Å². The highest BCUT2D eigenvalue weighted by molar-refractivity contribution is 7.89. The van der Waals surface area contributed by atoms with Crippen LogP contribution in [0.1, 0.15) is 18.1 Å². The fraction of sp³-hybridized carbons (Fsp3) is 0.429. The van der Waals surface area contributed by atoms with Crippen LogP contribution in [-0.2, 0) is 23.0 Å². The van der Waals surface area contributed by atoms with Crippen LogP contribution in [-0.4, -0.2) is 33.4 Å². The molecule has 19 heavy (non-hydrogen) atoms. The van der Waals surface area contributed by atoms with E-state index in [9.17, 15) is 8.42 Å². The van der Waals surface area contributed by atoms with Crippen molar-refractivity contribution < 1.29 is 8.42 Å². The summed E-state index contributed by atoms with van der Waals surface area (Å²) in [5.74, 6) is 2.34. The summed E-state index contributed by atoms with van der Waals surface area (Å²) in [6, 6.07) is 5.22. The van der Waals surface area contributed by atoms with Gasteiger partial charge >= 0.3 is 0 Å². The Kier molecular flexibility index (Phi) is 5.55. The van der Waals surface area contributed by atoms with Crippen LogP contribution in [0.2, 0.25) is 0 Å². The quantitative estimate of drug-likeness (QED) is 0.797. The maximum absolute atomic E-state index is 12.3. The van der Waals surface area contributed by atoms with Gasteiger partial charge in [0.15, 0.2) is 0 Å². The number of nitrogens with one attached hydrogen (secondary N) is 1. The summed E-state index contributed by atoms with van der Waals surface area (Å²) >= 11 is 0. The van der Waals surface area contributed by atoms with Gasteiger partial charge in [-0.15, -0.1) is 6.42 Å². The number of aryl methyl sites for hydroxylation is 1. The van der Waals surface area contributed by atoms with E-state index in [0.29, 0.717) is 6.54 Å².